The van der Waals surface area contributed by atoms with Crippen molar-refractivity contribution < 1.29 is 4.79 Å². The van der Waals surface area contributed by atoms with Crippen LogP contribution in [0.3, 0.4) is 0 Å². The molecule has 2 N–H and O–H groups in total. The molecule has 2 aromatic rings. The standard InChI is InChI=1S/C17H22N2O/c1-12-4-6-15(7-5-12)11-17(20)18-9-8-16-10-13(2)19-14(16)3/h4-7,10,19H,8-9,11H2,1-3H3,(H,18,20). The van der Waals surface area contributed by atoms with Gasteiger partial charge in [0.1, 0.15) is 0 Å². The SMILES string of the molecule is Cc1ccc(CC(=O)NCCc2cc(C)[nH]c2C)cc1. The first-order valence-electron chi connectivity index (χ1n) is 7.02. The maximum atomic E-state index is 11.9. The van der Waals surface area contributed by atoms with Gasteiger partial charge in [0.05, 0.1) is 6.42 Å². The van der Waals surface area contributed by atoms with Gasteiger partial charge < -0.3 is 10.3 Å². The minimum Gasteiger partial charge on any atom is -0.362 e. The molecule has 0 saturated heterocycles. The predicted octanol–water partition coefficient (Wildman–Crippen LogP) is 2.84. The van der Waals surface area contributed by atoms with Crippen molar-refractivity contribution >= 4 is 5.91 Å². The highest BCUT2D eigenvalue weighted by Gasteiger charge is 2.05. The number of benzene rings is 1. The number of aromatic amines is 1. The van der Waals surface area contributed by atoms with Crippen molar-refractivity contribution in [2.24, 2.45) is 0 Å². The smallest absolute Gasteiger partial charge is 0.224 e. The Morgan fingerprint density at radius 2 is 1.85 bits per heavy atom. The van der Waals surface area contributed by atoms with E-state index in [-0.39, 0.29) is 5.91 Å². The molecule has 20 heavy (non-hydrogen) atoms. The molecule has 3 nitrogen and oxygen atoms in total. The van der Waals surface area contributed by atoms with E-state index in [2.05, 4.69) is 23.3 Å². The summed E-state index contributed by atoms with van der Waals surface area (Å²) in [6, 6.07) is 10.2. The summed E-state index contributed by atoms with van der Waals surface area (Å²) in [6.07, 6.45) is 1.32. The lowest BCUT2D eigenvalue weighted by molar-refractivity contribution is -0.120. The monoisotopic (exact) mass is 270 g/mol. The van der Waals surface area contributed by atoms with E-state index in [1.165, 1.54) is 22.5 Å². The van der Waals surface area contributed by atoms with E-state index in [1.54, 1.807) is 0 Å². The highest BCUT2D eigenvalue weighted by Crippen LogP contribution is 2.09. The number of amides is 1. The Kier molecular flexibility index (Phi) is 4.61. The molecular formula is C17H22N2O. The molecule has 3 heteroatoms. The predicted molar refractivity (Wildman–Crippen MR) is 81.9 cm³/mol. The number of carbonyl (C=O) groups excluding carboxylic acids is 1. The molecule has 1 aromatic heterocycles. The average molecular weight is 270 g/mol. The largest absolute Gasteiger partial charge is 0.362 e. The first-order valence-corrected chi connectivity index (χ1v) is 7.02. The van der Waals surface area contributed by atoms with Crippen molar-refractivity contribution in [3.63, 3.8) is 0 Å². The third-order valence-corrected chi connectivity index (χ3v) is 3.46. The van der Waals surface area contributed by atoms with Crippen LogP contribution in [0.15, 0.2) is 30.3 Å². The molecule has 0 aliphatic heterocycles. The van der Waals surface area contributed by atoms with Crippen LogP contribution >= 0.6 is 0 Å². The molecule has 0 spiro atoms. The molecule has 0 saturated carbocycles. The van der Waals surface area contributed by atoms with Gasteiger partial charge in [-0.05, 0) is 44.4 Å². The number of carbonyl (C=O) groups is 1. The van der Waals surface area contributed by atoms with Crippen LogP contribution in [0.1, 0.15) is 28.1 Å². The third-order valence-electron chi connectivity index (χ3n) is 3.46. The summed E-state index contributed by atoms with van der Waals surface area (Å²) in [6.45, 7) is 6.84. The second kappa shape index (κ2) is 6.42. The summed E-state index contributed by atoms with van der Waals surface area (Å²) in [7, 11) is 0. The van der Waals surface area contributed by atoms with E-state index >= 15 is 0 Å². The lowest BCUT2D eigenvalue weighted by Gasteiger charge is -2.05. The molecule has 1 amide bonds. The zero-order valence-corrected chi connectivity index (χ0v) is 12.4. The normalized spacial score (nSPS) is 10.6. The van der Waals surface area contributed by atoms with Crippen molar-refractivity contribution in [2.45, 2.75) is 33.6 Å². The topological polar surface area (TPSA) is 44.9 Å². The number of nitrogens with one attached hydrogen (secondary N) is 2. The fraction of sp³-hybridized carbons (Fsp3) is 0.353. The molecule has 1 heterocycles. The van der Waals surface area contributed by atoms with E-state index in [1.807, 2.05) is 38.1 Å². The molecule has 0 aliphatic rings. The highest BCUT2D eigenvalue weighted by atomic mass is 16.1. The number of hydrogen-bond donors (Lipinski definition) is 2. The van der Waals surface area contributed by atoms with Crippen LogP contribution in [0.4, 0.5) is 0 Å². The summed E-state index contributed by atoms with van der Waals surface area (Å²) in [5.41, 5.74) is 5.91. The van der Waals surface area contributed by atoms with Gasteiger partial charge >= 0.3 is 0 Å². The quantitative estimate of drug-likeness (QED) is 0.862. The van der Waals surface area contributed by atoms with Crippen LogP contribution in [-0.4, -0.2) is 17.4 Å². The molecule has 0 aliphatic carbocycles. The summed E-state index contributed by atoms with van der Waals surface area (Å²) in [5, 5.41) is 2.98. The fourth-order valence-corrected chi connectivity index (χ4v) is 2.33. The van der Waals surface area contributed by atoms with Gasteiger partial charge in [0.2, 0.25) is 5.91 Å². The molecule has 2 rings (SSSR count). The molecule has 0 fully saturated rings. The van der Waals surface area contributed by atoms with Gasteiger partial charge in [0, 0.05) is 17.9 Å². The van der Waals surface area contributed by atoms with Crippen LogP contribution in [0.2, 0.25) is 0 Å². The maximum absolute atomic E-state index is 11.9. The Morgan fingerprint density at radius 3 is 2.45 bits per heavy atom. The van der Waals surface area contributed by atoms with Gasteiger partial charge in [-0.1, -0.05) is 29.8 Å². The number of rotatable bonds is 5. The van der Waals surface area contributed by atoms with E-state index < -0.39 is 0 Å². The van der Waals surface area contributed by atoms with E-state index in [0.717, 1.165) is 12.0 Å². The van der Waals surface area contributed by atoms with Crippen molar-refractivity contribution in [2.75, 3.05) is 6.54 Å². The summed E-state index contributed by atoms with van der Waals surface area (Å²) in [5.74, 6) is 0.0822. The number of H-pyrrole nitrogens is 1. The molecule has 0 atom stereocenters. The van der Waals surface area contributed by atoms with Crippen LogP contribution in [-0.2, 0) is 17.6 Å². The first kappa shape index (κ1) is 14.4. The summed E-state index contributed by atoms with van der Waals surface area (Å²) in [4.78, 5) is 15.1. The van der Waals surface area contributed by atoms with Crippen molar-refractivity contribution in [3.8, 4) is 0 Å². The van der Waals surface area contributed by atoms with Crippen molar-refractivity contribution in [3.05, 3.63) is 58.4 Å². The zero-order valence-electron chi connectivity index (χ0n) is 12.4. The second-order valence-electron chi connectivity index (χ2n) is 5.36. The Labute approximate surface area is 120 Å². The molecule has 0 radical (unpaired) electrons. The zero-order chi connectivity index (χ0) is 14.5. The number of hydrogen-bond acceptors (Lipinski definition) is 1. The van der Waals surface area contributed by atoms with Crippen molar-refractivity contribution in [1.29, 1.82) is 0 Å². The van der Waals surface area contributed by atoms with E-state index in [0.29, 0.717) is 13.0 Å². The van der Waals surface area contributed by atoms with Gasteiger partial charge in [-0.25, -0.2) is 0 Å². The third kappa shape index (κ3) is 3.98. The maximum Gasteiger partial charge on any atom is 0.224 e. The average Bonchev–Trinajstić information content (AvgIpc) is 2.71. The van der Waals surface area contributed by atoms with Gasteiger partial charge in [-0.3, -0.25) is 4.79 Å². The lowest BCUT2D eigenvalue weighted by atomic mass is 10.1. The van der Waals surface area contributed by atoms with Gasteiger partial charge in [-0.2, -0.15) is 0 Å². The fourth-order valence-electron chi connectivity index (χ4n) is 2.33. The highest BCUT2D eigenvalue weighted by molar-refractivity contribution is 5.78. The van der Waals surface area contributed by atoms with Crippen LogP contribution in [0.5, 0.6) is 0 Å². The van der Waals surface area contributed by atoms with Gasteiger partial charge in [0.15, 0.2) is 0 Å². The second-order valence-corrected chi connectivity index (χ2v) is 5.36. The Balaban J connectivity index is 1.78. The first-order chi connectivity index (χ1) is 9.54. The van der Waals surface area contributed by atoms with E-state index in [4.69, 9.17) is 0 Å². The van der Waals surface area contributed by atoms with Crippen LogP contribution < -0.4 is 5.32 Å². The number of aryl methyl sites for hydroxylation is 3. The Hall–Kier alpha value is -2.03. The van der Waals surface area contributed by atoms with Crippen molar-refractivity contribution in [1.82, 2.24) is 10.3 Å². The minimum absolute atomic E-state index is 0.0822. The summed E-state index contributed by atoms with van der Waals surface area (Å²) < 4.78 is 0. The lowest BCUT2D eigenvalue weighted by Crippen LogP contribution is -2.27. The molecular weight excluding hydrogens is 248 g/mol. The van der Waals surface area contributed by atoms with Gasteiger partial charge in [-0.15, -0.1) is 0 Å². The molecule has 106 valence electrons. The Morgan fingerprint density at radius 1 is 1.15 bits per heavy atom. The number of aromatic nitrogens is 1. The van der Waals surface area contributed by atoms with Crippen LogP contribution in [0, 0.1) is 20.8 Å². The van der Waals surface area contributed by atoms with Gasteiger partial charge in [0.25, 0.3) is 0 Å². The minimum atomic E-state index is 0.0822. The molecule has 1 aromatic carbocycles. The van der Waals surface area contributed by atoms with Crippen LogP contribution in [0.25, 0.3) is 0 Å². The Bertz CT molecular complexity index is 582. The molecule has 0 unspecified atom stereocenters. The van der Waals surface area contributed by atoms with E-state index in [9.17, 15) is 4.79 Å². The molecule has 0 bridgehead atoms. The summed E-state index contributed by atoms with van der Waals surface area (Å²) >= 11 is 0.